The highest BCUT2D eigenvalue weighted by molar-refractivity contribution is 6.32. The molecule has 0 aliphatic carbocycles. The van der Waals surface area contributed by atoms with Gasteiger partial charge in [0.05, 0.1) is 5.02 Å². The minimum atomic E-state index is -0.290. The van der Waals surface area contributed by atoms with Crippen LogP contribution >= 0.6 is 11.6 Å². The molecule has 3 rings (SSSR count). The van der Waals surface area contributed by atoms with Crippen molar-refractivity contribution in [1.29, 1.82) is 0 Å². The van der Waals surface area contributed by atoms with Gasteiger partial charge in [0, 0.05) is 16.9 Å². The number of rotatable bonds is 5. The van der Waals surface area contributed by atoms with Crippen molar-refractivity contribution in [3.8, 4) is 5.75 Å². The van der Waals surface area contributed by atoms with Gasteiger partial charge in [-0.15, -0.1) is 0 Å². The summed E-state index contributed by atoms with van der Waals surface area (Å²) >= 11 is 6.29. The predicted molar refractivity (Wildman–Crippen MR) is 108 cm³/mol. The van der Waals surface area contributed by atoms with E-state index in [-0.39, 0.29) is 12.4 Å². The summed E-state index contributed by atoms with van der Waals surface area (Å²) in [4.78, 5) is 8.39. The molecule has 2 aromatic carbocycles. The van der Waals surface area contributed by atoms with Crippen LogP contribution in [0, 0.1) is 19.7 Å². The lowest BCUT2D eigenvalue weighted by atomic mass is 10.2. The van der Waals surface area contributed by atoms with Crippen LogP contribution in [-0.2, 0) is 6.61 Å². The highest BCUT2D eigenvalue weighted by Gasteiger charge is 2.07. The second-order valence-corrected chi connectivity index (χ2v) is 6.03. The number of benzene rings is 2. The molecule has 0 unspecified atom stereocenters. The first-order valence-corrected chi connectivity index (χ1v) is 9.13. The Balaban J connectivity index is 0.00000126. The Morgan fingerprint density at radius 3 is 2.56 bits per heavy atom. The maximum absolute atomic E-state index is 13.2. The van der Waals surface area contributed by atoms with Crippen LogP contribution < -0.4 is 10.1 Å². The summed E-state index contributed by atoms with van der Waals surface area (Å²) in [5.41, 5.74) is 3.43. The van der Waals surface area contributed by atoms with Crippen LogP contribution in [-0.4, -0.2) is 9.97 Å². The summed E-state index contributed by atoms with van der Waals surface area (Å²) < 4.78 is 18.9. The lowest BCUT2D eigenvalue weighted by molar-refractivity contribution is 0.306. The van der Waals surface area contributed by atoms with Crippen LogP contribution in [0.3, 0.4) is 0 Å². The van der Waals surface area contributed by atoms with E-state index in [0.29, 0.717) is 10.8 Å². The predicted octanol–water partition coefficient (Wildman–Crippen LogP) is 6.23. The van der Waals surface area contributed by atoms with Crippen molar-refractivity contribution in [1.82, 2.24) is 9.97 Å². The summed E-state index contributed by atoms with van der Waals surface area (Å²) in [6.07, 6.45) is 1.52. The highest BCUT2D eigenvalue weighted by atomic mass is 35.5. The van der Waals surface area contributed by atoms with E-state index in [1.165, 1.54) is 18.5 Å². The Bertz CT molecular complexity index is 902. The van der Waals surface area contributed by atoms with Gasteiger partial charge in [-0.05, 0) is 49.7 Å². The van der Waals surface area contributed by atoms with Crippen LogP contribution in [0.4, 0.5) is 15.9 Å². The monoisotopic (exact) mass is 387 g/mol. The zero-order chi connectivity index (χ0) is 19.8. The molecule has 0 aliphatic rings. The van der Waals surface area contributed by atoms with E-state index in [4.69, 9.17) is 16.3 Å². The largest absolute Gasteiger partial charge is 0.487 e. The number of nitrogens with zero attached hydrogens (tertiary/aromatic N) is 2. The summed E-state index contributed by atoms with van der Waals surface area (Å²) in [5, 5.41) is 3.68. The molecule has 142 valence electrons. The van der Waals surface area contributed by atoms with Crippen molar-refractivity contribution < 1.29 is 9.13 Å². The third kappa shape index (κ3) is 5.66. The number of nitrogens with one attached hydrogen (secondary N) is 1. The molecular weight excluding hydrogens is 365 g/mol. The van der Waals surface area contributed by atoms with Crippen LogP contribution in [0.25, 0.3) is 0 Å². The van der Waals surface area contributed by atoms with Gasteiger partial charge in [-0.3, -0.25) is 0 Å². The van der Waals surface area contributed by atoms with E-state index in [9.17, 15) is 4.39 Å². The topological polar surface area (TPSA) is 47.0 Å². The fourth-order valence-electron chi connectivity index (χ4n) is 2.28. The number of ether oxygens (including phenoxy) is 1. The molecule has 0 bridgehead atoms. The summed E-state index contributed by atoms with van der Waals surface area (Å²) in [5.74, 6) is 0.978. The molecule has 0 radical (unpaired) electrons. The van der Waals surface area contributed by atoms with Crippen LogP contribution in [0.15, 0.2) is 48.8 Å². The number of hydrogen-bond donors (Lipinski definition) is 1. The molecule has 0 saturated carbocycles. The number of anilines is 2. The Kier molecular flexibility index (Phi) is 7.55. The highest BCUT2D eigenvalue weighted by Crippen LogP contribution is 2.30. The molecule has 0 aliphatic heterocycles. The first-order chi connectivity index (χ1) is 13.0. The molecule has 27 heavy (non-hydrogen) atoms. The van der Waals surface area contributed by atoms with Crippen LogP contribution in [0.2, 0.25) is 5.02 Å². The number of halogens is 2. The fraction of sp³-hybridized carbons (Fsp3) is 0.238. The van der Waals surface area contributed by atoms with Crippen molar-refractivity contribution in [3.63, 3.8) is 0 Å². The van der Waals surface area contributed by atoms with Crippen LogP contribution in [0.1, 0.15) is 30.7 Å². The summed E-state index contributed by atoms with van der Waals surface area (Å²) in [6, 6.07) is 11.7. The maximum Gasteiger partial charge on any atom is 0.138 e. The maximum atomic E-state index is 13.2. The fourth-order valence-corrected chi connectivity index (χ4v) is 2.52. The van der Waals surface area contributed by atoms with E-state index >= 15 is 0 Å². The molecule has 0 atom stereocenters. The Labute approximate surface area is 164 Å². The lowest BCUT2D eigenvalue weighted by Gasteiger charge is -2.12. The third-order valence-corrected chi connectivity index (χ3v) is 4.11. The van der Waals surface area contributed by atoms with E-state index in [1.807, 2.05) is 33.8 Å². The molecule has 6 heteroatoms. The minimum absolute atomic E-state index is 0.245. The lowest BCUT2D eigenvalue weighted by Crippen LogP contribution is -2.00. The van der Waals surface area contributed by atoms with Gasteiger partial charge < -0.3 is 10.1 Å². The first kappa shape index (κ1) is 20.6. The third-order valence-electron chi connectivity index (χ3n) is 3.81. The molecular formula is C21H23ClFN3O. The number of aromatic nitrogens is 2. The molecule has 0 spiro atoms. The number of aryl methyl sites for hydroxylation is 1. The van der Waals surface area contributed by atoms with Crippen LogP contribution in [0.5, 0.6) is 5.75 Å². The number of hydrogen-bond acceptors (Lipinski definition) is 4. The van der Waals surface area contributed by atoms with Gasteiger partial charge in [-0.2, -0.15) is 0 Å². The second-order valence-electron chi connectivity index (χ2n) is 5.62. The van der Waals surface area contributed by atoms with Gasteiger partial charge in [-0.1, -0.05) is 37.6 Å². The summed E-state index contributed by atoms with van der Waals surface area (Å²) in [7, 11) is 0. The van der Waals surface area contributed by atoms with Gasteiger partial charge in [-0.25, -0.2) is 14.4 Å². The molecule has 0 amide bonds. The van der Waals surface area contributed by atoms with Crippen molar-refractivity contribution in [2.45, 2.75) is 34.3 Å². The van der Waals surface area contributed by atoms with Crippen molar-refractivity contribution in [2.75, 3.05) is 5.32 Å². The Morgan fingerprint density at radius 2 is 1.85 bits per heavy atom. The second kappa shape index (κ2) is 9.88. The quantitative estimate of drug-likeness (QED) is 0.563. The van der Waals surface area contributed by atoms with Gasteiger partial charge in [0.25, 0.3) is 0 Å². The molecule has 1 heterocycles. The molecule has 3 aromatic rings. The van der Waals surface area contributed by atoms with E-state index < -0.39 is 0 Å². The zero-order valence-corrected chi connectivity index (χ0v) is 16.6. The normalized spacial score (nSPS) is 10.0. The van der Waals surface area contributed by atoms with Crippen molar-refractivity contribution in [2.24, 2.45) is 0 Å². The summed E-state index contributed by atoms with van der Waals surface area (Å²) in [6.45, 7) is 8.13. The molecule has 4 nitrogen and oxygen atoms in total. The van der Waals surface area contributed by atoms with Gasteiger partial charge in [0.1, 0.15) is 30.3 Å². The molecule has 0 saturated heterocycles. The molecule has 1 aromatic heterocycles. The SMILES string of the molecule is CC.Cc1ncnc(Nc2ccc(OCc3cccc(F)c3)c(Cl)c2)c1C. The average Bonchev–Trinajstić information content (AvgIpc) is 2.66. The average molecular weight is 388 g/mol. The zero-order valence-electron chi connectivity index (χ0n) is 15.9. The standard InChI is InChI=1S/C19H17ClFN3O.C2H6/c1-12-13(2)22-11-23-19(12)24-16-6-7-18(17(20)9-16)25-10-14-4-3-5-15(21)8-14;1-2/h3-9,11H,10H2,1-2H3,(H,22,23,24);1-2H3. The smallest absolute Gasteiger partial charge is 0.138 e. The molecule has 1 N–H and O–H groups in total. The Morgan fingerprint density at radius 1 is 1.07 bits per heavy atom. The molecule has 0 fully saturated rings. The van der Waals surface area contributed by atoms with E-state index in [2.05, 4.69) is 15.3 Å². The van der Waals surface area contributed by atoms with Crippen molar-refractivity contribution in [3.05, 3.63) is 76.5 Å². The minimum Gasteiger partial charge on any atom is -0.487 e. The van der Waals surface area contributed by atoms with E-state index in [0.717, 1.165) is 28.3 Å². The first-order valence-electron chi connectivity index (χ1n) is 8.75. The van der Waals surface area contributed by atoms with Gasteiger partial charge in [0.15, 0.2) is 0 Å². The van der Waals surface area contributed by atoms with Gasteiger partial charge >= 0.3 is 0 Å². The van der Waals surface area contributed by atoms with Gasteiger partial charge in [0.2, 0.25) is 0 Å². The van der Waals surface area contributed by atoms with Crippen molar-refractivity contribution >= 4 is 23.1 Å². The van der Waals surface area contributed by atoms with E-state index in [1.54, 1.807) is 24.3 Å². The Hall–Kier alpha value is -2.66.